The zero-order valence-corrected chi connectivity index (χ0v) is 28.2. The Morgan fingerprint density at radius 1 is 0.469 bits per heavy atom. The maximum Gasteiger partial charge on any atom is 0.0641 e. The van der Waals surface area contributed by atoms with Crippen molar-refractivity contribution >= 4 is 75.1 Å². The topological polar surface area (TPSA) is 9.86 Å². The van der Waals surface area contributed by atoms with Gasteiger partial charge in [-0.2, -0.15) is 0 Å². The number of fused-ring (bicyclic) bond motifs is 10. The summed E-state index contributed by atoms with van der Waals surface area (Å²) in [6.45, 7) is 2.27. The number of rotatable bonds is 6. The molecule has 234 valence electrons. The van der Waals surface area contributed by atoms with Gasteiger partial charge >= 0.3 is 0 Å². The molecule has 49 heavy (non-hydrogen) atoms. The second kappa shape index (κ2) is 11.2. The highest BCUT2D eigenvalue weighted by Gasteiger charge is 2.21. The van der Waals surface area contributed by atoms with Gasteiger partial charge in [0.25, 0.3) is 0 Å². The van der Waals surface area contributed by atoms with E-state index in [1.54, 1.807) is 0 Å². The van der Waals surface area contributed by atoms with Gasteiger partial charge in [-0.05, 0) is 84.1 Å². The van der Waals surface area contributed by atoms with Gasteiger partial charge in [0.15, 0.2) is 0 Å². The molecule has 0 saturated heterocycles. The number of aromatic nitrogens is 2. The summed E-state index contributed by atoms with van der Waals surface area (Å²) < 4.78 is 7.64. The van der Waals surface area contributed by atoms with Crippen LogP contribution in [0.3, 0.4) is 0 Å². The smallest absolute Gasteiger partial charge is 0.0641 e. The van der Waals surface area contributed by atoms with Gasteiger partial charge in [0.2, 0.25) is 0 Å². The van der Waals surface area contributed by atoms with Crippen LogP contribution in [0.25, 0.3) is 86.3 Å². The van der Waals surface area contributed by atoms with Crippen molar-refractivity contribution in [2.24, 2.45) is 0 Å². The minimum Gasteiger partial charge on any atom is -0.309 e. The second-order valence-electron chi connectivity index (χ2n) is 13.2. The highest BCUT2D eigenvalue weighted by molar-refractivity contribution is 7.25. The first-order valence-electron chi connectivity index (χ1n) is 17.3. The largest absolute Gasteiger partial charge is 0.309 e. The van der Waals surface area contributed by atoms with Gasteiger partial charge in [0, 0.05) is 53.1 Å². The third-order valence-corrected chi connectivity index (χ3v) is 11.4. The third kappa shape index (κ3) is 4.39. The van der Waals surface area contributed by atoms with Crippen molar-refractivity contribution in [3.63, 3.8) is 0 Å². The Kier molecular flexibility index (Phi) is 6.50. The van der Waals surface area contributed by atoms with Crippen LogP contribution in [0.5, 0.6) is 0 Å². The Balaban J connectivity index is 1.23. The van der Waals surface area contributed by atoms with Gasteiger partial charge in [-0.3, -0.25) is 0 Å². The summed E-state index contributed by atoms with van der Waals surface area (Å²) in [5, 5.41) is 7.84. The van der Waals surface area contributed by atoms with Crippen molar-refractivity contribution in [2.75, 3.05) is 0 Å². The van der Waals surface area contributed by atoms with Crippen LogP contribution >= 0.6 is 11.3 Å². The zero-order chi connectivity index (χ0) is 32.5. The van der Waals surface area contributed by atoms with E-state index in [0.29, 0.717) is 0 Å². The van der Waals surface area contributed by atoms with Gasteiger partial charge in [-0.1, -0.05) is 110 Å². The molecule has 2 nitrogen and oxygen atoms in total. The molecular weight excluding hydrogens is 613 g/mol. The maximum absolute atomic E-state index is 2.51. The number of thiophene rings is 1. The van der Waals surface area contributed by atoms with Crippen molar-refractivity contribution in [1.82, 2.24) is 9.13 Å². The summed E-state index contributed by atoms with van der Waals surface area (Å²) in [6.07, 6.45) is 3.59. The molecule has 0 amide bonds. The molecule has 3 aromatic heterocycles. The van der Waals surface area contributed by atoms with Gasteiger partial charge in [0.05, 0.1) is 22.1 Å². The van der Waals surface area contributed by atoms with Crippen LogP contribution in [0.15, 0.2) is 152 Å². The molecule has 0 saturated carbocycles. The van der Waals surface area contributed by atoms with Crippen molar-refractivity contribution in [2.45, 2.75) is 26.2 Å². The minimum absolute atomic E-state index is 1.14. The second-order valence-corrected chi connectivity index (χ2v) is 14.3. The van der Waals surface area contributed by atoms with Crippen LogP contribution in [0.4, 0.5) is 0 Å². The Morgan fingerprint density at radius 2 is 1.16 bits per heavy atom. The van der Waals surface area contributed by atoms with Gasteiger partial charge in [0.1, 0.15) is 0 Å². The molecule has 0 fully saturated rings. The van der Waals surface area contributed by atoms with Crippen LogP contribution in [0.2, 0.25) is 0 Å². The lowest BCUT2D eigenvalue weighted by Crippen LogP contribution is -1.95. The average Bonchev–Trinajstić information content (AvgIpc) is 3.81. The predicted octanol–water partition coefficient (Wildman–Crippen LogP) is 13.3. The molecule has 3 heterocycles. The van der Waals surface area contributed by atoms with E-state index < -0.39 is 0 Å². The summed E-state index contributed by atoms with van der Waals surface area (Å²) in [5.74, 6) is 0. The summed E-state index contributed by atoms with van der Waals surface area (Å²) in [6, 6.07) is 56.2. The summed E-state index contributed by atoms with van der Waals surface area (Å²) in [4.78, 5) is 0. The molecule has 0 N–H and O–H groups in total. The van der Waals surface area contributed by atoms with Gasteiger partial charge in [-0.25, -0.2) is 0 Å². The van der Waals surface area contributed by atoms with E-state index in [9.17, 15) is 0 Å². The normalized spacial score (nSPS) is 12.0. The minimum atomic E-state index is 1.14. The first kappa shape index (κ1) is 28.4. The summed E-state index contributed by atoms with van der Waals surface area (Å²) in [7, 11) is 0. The maximum atomic E-state index is 2.51. The quantitative estimate of drug-likeness (QED) is 0.170. The molecule has 0 spiro atoms. The fraction of sp³-hybridized carbons (Fsp3) is 0.0870. The molecule has 3 heteroatoms. The lowest BCUT2D eigenvalue weighted by molar-refractivity contribution is 0.796. The Morgan fingerprint density at radius 3 is 1.98 bits per heavy atom. The monoisotopic (exact) mass is 646 g/mol. The predicted molar refractivity (Wildman–Crippen MR) is 212 cm³/mol. The molecule has 0 radical (unpaired) electrons. The zero-order valence-electron chi connectivity index (χ0n) is 27.4. The van der Waals surface area contributed by atoms with Gasteiger partial charge in [-0.15, -0.1) is 11.3 Å². The lowest BCUT2D eigenvalue weighted by atomic mass is 10.0. The third-order valence-electron chi connectivity index (χ3n) is 10.3. The lowest BCUT2D eigenvalue weighted by Gasteiger charge is -2.11. The van der Waals surface area contributed by atoms with Crippen LogP contribution in [-0.2, 0) is 6.42 Å². The van der Waals surface area contributed by atoms with E-state index in [-0.39, 0.29) is 0 Å². The molecule has 0 aliphatic rings. The van der Waals surface area contributed by atoms with Crippen molar-refractivity contribution in [3.05, 3.63) is 157 Å². The van der Waals surface area contributed by atoms with E-state index in [4.69, 9.17) is 0 Å². The molecular formula is C46H34N2S. The van der Waals surface area contributed by atoms with Crippen molar-refractivity contribution < 1.29 is 0 Å². The number of nitrogens with zero attached hydrogens (tertiary/aromatic N) is 2. The molecule has 0 unspecified atom stereocenters. The molecule has 0 bridgehead atoms. The number of hydrogen-bond acceptors (Lipinski definition) is 1. The SMILES string of the molecule is CCCCc1ccc2sc3cc(-n4c5ccccc5c5ccc6c(c7ccccc7n6-c6ccc(-c7ccccc7)cc6)c54)ccc3c2c1. The summed E-state index contributed by atoms with van der Waals surface area (Å²) in [5.41, 5.74) is 11.2. The van der Waals surface area contributed by atoms with Crippen LogP contribution in [-0.4, -0.2) is 9.13 Å². The van der Waals surface area contributed by atoms with Crippen LogP contribution in [0.1, 0.15) is 25.3 Å². The first-order chi connectivity index (χ1) is 24.3. The molecule has 0 aliphatic heterocycles. The highest BCUT2D eigenvalue weighted by atomic mass is 32.1. The Hall–Kier alpha value is -5.64. The molecule has 7 aromatic carbocycles. The highest BCUT2D eigenvalue weighted by Crippen LogP contribution is 2.43. The van der Waals surface area contributed by atoms with Crippen molar-refractivity contribution in [1.29, 1.82) is 0 Å². The molecule has 10 aromatic rings. The van der Waals surface area contributed by atoms with E-state index in [1.165, 1.54) is 99.0 Å². The number of unbranched alkanes of at least 4 members (excludes halogenated alkanes) is 1. The summed E-state index contributed by atoms with van der Waals surface area (Å²) >= 11 is 1.91. The fourth-order valence-electron chi connectivity index (χ4n) is 7.98. The first-order valence-corrected chi connectivity index (χ1v) is 18.2. The van der Waals surface area contributed by atoms with E-state index in [2.05, 4.69) is 168 Å². The van der Waals surface area contributed by atoms with E-state index in [0.717, 1.165) is 12.1 Å². The van der Waals surface area contributed by atoms with Crippen molar-refractivity contribution in [3.8, 4) is 22.5 Å². The number of aryl methyl sites for hydroxylation is 1. The number of benzene rings is 7. The Bertz CT molecular complexity index is 2850. The number of para-hydroxylation sites is 2. The standard InChI is InChI=1S/C46H34N2S/c1-2-3-11-30-18-27-43-39(28-30)36-24-23-34(29-44(36)49-43)48-40-16-9-7-14-35(40)37-25-26-42-45(46(37)48)38-15-8-10-17-41(38)47(42)33-21-19-32(20-22-33)31-12-5-4-6-13-31/h4-10,12-29H,2-3,11H2,1H3. The Labute approximate surface area is 289 Å². The fourth-order valence-corrected chi connectivity index (χ4v) is 9.10. The number of hydrogen-bond donors (Lipinski definition) is 0. The molecule has 0 aliphatic carbocycles. The van der Waals surface area contributed by atoms with E-state index in [1.807, 2.05) is 11.3 Å². The molecule has 0 atom stereocenters. The van der Waals surface area contributed by atoms with Gasteiger partial charge < -0.3 is 9.13 Å². The average molecular weight is 647 g/mol. The van der Waals surface area contributed by atoms with Crippen LogP contribution in [0, 0.1) is 0 Å². The molecule has 10 rings (SSSR count). The van der Waals surface area contributed by atoms with E-state index >= 15 is 0 Å². The van der Waals surface area contributed by atoms with Crippen LogP contribution < -0.4 is 0 Å².